The van der Waals surface area contributed by atoms with E-state index in [-0.39, 0.29) is 22.2 Å². The van der Waals surface area contributed by atoms with Crippen molar-refractivity contribution in [3.05, 3.63) is 55.7 Å². The van der Waals surface area contributed by atoms with Crippen LogP contribution in [0.2, 0.25) is 5.02 Å². The van der Waals surface area contributed by atoms with Gasteiger partial charge < -0.3 is 5.32 Å². The molecule has 1 N–H and O–H groups in total. The third kappa shape index (κ3) is 4.31. The quantitative estimate of drug-likeness (QED) is 0.466. The smallest absolute Gasteiger partial charge is 0.294 e. The monoisotopic (exact) mass is 390 g/mol. The Kier molecular flexibility index (Phi) is 6.18. The van der Waals surface area contributed by atoms with E-state index in [9.17, 15) is 20.2 Å². The third-order valence-corrected chi connectivity index (χ3v) is 5.06. The lowest BCUT2D eigenvalue weighted by Crippen LogP contribution is -2.15. The Bertz CT molecular complexity index is 941. The van der Waals surface area contributed by atoms with Crippen molar-refractivity contribution in [2.75, 3.05) is 11.1 Å². The van der Waals surface area contributed by atoms with Crippen molar-refractivity contribution < 1.29 is 9.72 Å². The molecule has 0 aliphatic rings. The van der Waals surface area contributed by atoms with Crippen LogP contribution in [0.25, 0.3) is 0 Å². The van der Waals surface area contributed by atoms with Crippen molar-refractivity contribution in [1.82, 2.24) is 4.98 Å². The van der Waals surface area contributed by atoms with E-state index in [2.05, 4.69) is 16.4 Å². The van der Waals surface area contributed by atoms with Gasteiger partial charge in [0.05, 0.1) is 16.2 Å². The zero-order chi connectivity index (χ0) is 19.4. The van der Waals surface area contributed by atoms with E-state index in [1.54, 1.807) is 0 Å². The van der Waals surface area contributed by atoms with Crippen LogP contribution in [0.15, 0.2) is 23.2 Å². The van der Waals surface area contributed by atoms with Crippen LogP contribution >= 0.6 is 23.4 Å². The molecular formula is C17H15ClN4O3S. The Morgan fingerprint density at radius 1 is 1.38 bits per heavy atom. The lowest BCUT2D eigenvalue weighted by atomic mass is 10.1. The van der Waals surface area contributed by atoms with Gasteiger partial charge in [-0.2, -0.15) is 5.26 Å². The van der Waals surface area contributed by atoms with Gasteiger partial charge in [0.15, 0.2) is 0 Å². The van der Waals surface area contributed by atoms with Gasteiger partial charge in [-0.3, -0.25) is 14.9 Å². The summed E-state index contributed by atoms with van der Waals surface area (Å²) in [7, 11) is 0. The lowest BCUT2D eigenvalue weighted by molar-refractivity contribution is -0.383. The number of nitrogens with zero attached hydrogens (tertiary/aromatic N) is 3. The highest BCUT2D eigenvalue weighted by molar-refractivity contribution is 8.00. The number of nitriles is 1. The minimum absolute atomic E-state index is 0.0383. The topological polar surface area (TPSA) is 109 Å². The van der Waals surface area contributed by atoms with Crippen LogP contribution < -0.4 is 5.32 Å². The molecule has 1 amide bonds. The summed E-state index contributed by atoms with van der Waals surface area (Å²) >= 11 is 6.87. The van der Waals surface area contributed by atoms with Crippen LogP contribution in [0.1, 0.15) is 22.4 Å². The Hall–Kier alpha value is -2.63. The fraction of sp³-hybridized carbons (Fsp3) is 0.235. The molecule has 1 aromatic heterocycles. The zero-order valence-corrected chi connectivity index (χ0v) is 15.9. The van der Waals surface area contributed by atoms with E-state index in [1.807, 2.05) is 20.8 Å². The second-order valence-corrected chi connectivity index (χ2v) is 6.90. The molecule has 0 fully saturated rings. The van der Waals surface area contributed by atoms with Gasteiger partial charge >= 0.3 is 0 Å². The maximum absolute atomic E-state index is 12.2. The summed E-state index contributed by atoms with van der Waals surface area (Å²) in [5, 5.41) is 23.6. The molecule has 0 bridgehead atoms. The van der Waals surface area contributed by atoms with E-state index in [0.717, 1.165) is 28.6 Å². The second kappa shape index (κ2) is 8.17. The molecule has 2 aromatic rings. The standard InChI is InChI=1S/C17H15ClN4O3S/c1-9-10(2)13(7-19)17(20-11(9)3)26-8-16(23)21-14-5-4-12(18)6-15(14)22(24)25/h4-6H,8H2,1-3H3,(H,21,23). The molecule has 0 saturated carbocycles. The number of anilines is 1. The summed E-state index contributed by atoms with van der Waals surface area (Å²) in [6.07, 6.45) is 0. The van der Waals surface area contributed by atoms with Crippen LogP contribution in [-0.4, -0.2) is 21.6 Å². The summed E-state index contributed by atoms with van der Waals surface area (Å²) < 4.78 is 0. The molecule has 26 heavy (non-hydrogen) atoms. The first-order valence-electron chi connectivity index (χ1n) is 7.49. The fourth-order valence-corrected chi connectivity index (χ4v) is 3.28. The van der Waals surface area contributed by atoms with Crippen molar-refractivity contribution in [2.45, 2.75) is 25.8 Å². The van der Waals surface area contributed by atoms with Crippen molar-refractivity contribution in [2.24, 2.45) is 0 Å². The zero-order valence-electron chi connectivity index (χ0n) is 14.3. The van der Waals surface area contributed by atoms with E-state index in [1.165, 1.54) is 18.2 Å². The largest absolute Gasteiger partial charge is 0.320 e. The molecule has 134 valence electrons. The number of nitro groups is 1. The van der Waals surface area contributed by atoms with Gasteiger partial charge in [0.2, 0.25) is 5.91 Å². The number of rotatable bonds is 5. The molecule has 2 rings (SSSR count). The van der Waals surface area contributed by atoms with Gasteiger partial charge in [-0.25, -0.2) is 4.98 Å². The van der Waals surface area contributed by atoms with Gasteiger partial charge in [0, 0.05) is 16.8 Å². The number of hydrogen-bond donors (Lipinski definition) is 1. The first-order valence-corrected chi connectivity index (χ1v) is 8.85. The number of halogens is 1. The molecule has 1 heterocycles. The Balaban J connectivity index is 2.16. The summed E-state index contributed by atoms with van der Waals surface area (Å²) in [5.74, 6) is -0.481. The number of carbonyl (C=O) groups excluding carboxylic acids is 1. The molecular weight excluding hydrogens is 376 g/mol. The van der Waals surface area contributed by atoms with Gasteiger partial charge in [0.25, 0.3) is 5.69 Å². The number of carbonyl (C=O) groups is 1. The van der Waals surface area contributed by atoms with Gasteiger partial charge in [-0.05, 0) is 44.0 Å². The second-order valence-electron chi connectivity index (χ2n) is 5.49. The number of amides is 1. The average molecular weight is 391 g/mol. The van der Waals surface area contributed by atoms with Gasteiger partial charge in [-0.15, -0.1) is 0 Å². The molecule has 0 atom stereocenters. The first-order chi connectivity index (χ1) is 12.2. The van der Waals surface area contributed by atoms with Crippen LogP contribution in [0.4, 0.5) is 11.4 Å². The number of nitrogens with one attached hydrogen (secondary N) is 1. The number of thioether (sulfide) groups is 1. The maximum Gasteiger partial charge on any atom is 0.294 e. The highest BCUT2D eigenvalue weighted by atomic mass is 35.5. The van der Waals surface area contributed by atoms with E-state index < -0.39 is 10.8 Å². The normalized spacial score (nSPS) is 10.3. The molecule has 7 nitrogen and oxygen atoms in total. The summed E-state index contributed by atoms with van der Waals surface area (Å²) in [5.41, 5.74) is 2.77. The summed E-state index contributed by atoms with van der Waals surface area (Å²) in [6.45, 7) is 5.56. The van der Waals surface area contributed by atoms with Gasteiger partial charge in [-0.1, -0.05) is 23.4 Å². The highest BCUT2D eigenvalue weighted by Crippen LogP contribution is 2.29. The minimum Gasteiger partial charge on any atom is -0.320 e. The minimum atomic E-state index is -0.614. The molecule has 0 unspecified atom stereocenters. The summed E-state index contributed by atoms with van der Waals surface area (Å²) in [6, 6.07) is 6.12. The number of benzene rings is 1. The number of aromatic nitrogens is 1. The Morgan fingerprint density at radius 2 is 2.08 bits per heavy atom. The number of aryl methyl sites for hydroxylation is 1. The molecule has 1 aromatic carbocycles. The van der Waals surface area contributed by atoms with E-state index >= 15 is 0 Å². The van der Waals surface area contributed by atoms with E-state index in [4.69, 9.17) is 11.6 Å². The van der Waals surface area contributed by atoms with E-state index in [0.29, 0.717) is 10.6 Å². The molecule has 0 aliphatic heterocycles. The first kappa shape index (κ1) is 19.7. The van der Waals surface area contributed by atoms with Gasteiger partial charge in [0.1, 0.15) is 16.8 Å². The van der Waals surface area contributed by atoms with Crippen LogP contribution in [0.3, 0.4) is 0 Å². The average Bonchev–Trinajstić information content (AvgIpc) is 2.59. The SMILES string of the molecule is Cc1nc(SCC(=O)Nc2ccc(Cl)cc2[N+](=O)[O-])c(C#N)c(C)c1C. The molecule has 0 aliphatic carbocycles. The number of pyridine rings is 1. The van der Waals surface area contributed by atoms with Crippen molar-refractivity contribution in [1.29, 1.82) is 5.26 Å². The predicted octanol–water partition coefficient (Wildman–Crippen LogP) is 4.17. The molecule has 0 saturated heterocycles. The highest BCUT2D eigenvalue weighted by Gasteiger charge is 2.18. The third-order valence-electron chi connectivity index (χ3n) is 3.85. The van der Waals surface area contributed by atoms with Crippen molar-refractivity contribution in [3.8, 4) is 6.07 Å². The molecule has 0 spiro atoms. The fourth-order valence-electron chi connectivity index (χ4n) is 2.23. The Morgan fingerprint density at radius 3 is 2.69 bits per heavy atom. The predicted molar refractivity (Wildman–Crippen MR) is 101 cm³/mol. The Labute approximate surface area is 159 Å². The van der Waals surface area contributed by atoms with Crippen molar-refractivity contribution >= 4 is 40.6 Å². The van der Waals surface area contributed by atoms with Crippen LogP contribution in [0, 0.1) is 42.2 Å². The van der Waals surface area contributed by atoms with Crippen LogP contribution in [0.5, 0.6) is 0 Å². The number of hydrogen-bond acceptors (Lipinski definition) is 6. The molecule has 0 radical (unpaired) electrons. The number of nitro benzene ring substituents is 1. The van der Waals surface area contributed by atoms with Crippen LogP contribution in [-0.2, 0) is 4.79 Å². The van der Waals surface area contributed by atoms with Crippen molar-refractivity contribution in [3.63, 3.8) is 0 Å². The maximum atomic E-state index is 12.2. The molecule has 9 heteroatoms. The lowest BCUT2D eigenvalue weighted by Gasteiger charge is -2.11. The summed E-state index contributed by atoms with van der Waals surface area (Å²) in [4.78, 5) is 27.0.